The average molecular weight is 479 g/mol. The lowest BCUT2D eigenvalue weighted by Gasteiger charge is -2.25. The maximum absolute atomic E-state index is 12.7. The first kappa shape index (κ1) is 24.1. The predicted molar refractivity (Wildman–Crippen MR) is 120 cm³/mol. The molecule has 1 saturated heterocycles. The highest BCUT2D eigenvalue weighted by Crippen LogP contribution is 2.21. The van der Waals surface area contributed by atoms with Crippen molar-refractivity contribution in [3.05, 3.63) is 51.7 Å². The van der Waals surface area contributed by atoms with E-state index in [1.807, 2.05) is 0 Å². The Morgan fingerprint density at radius 2 is 1.72 bits per heavy atom. The molecule has 32 heavy (non-hydrogen) atoms. The quantitative estimate of drug-likeness (QED) is 0.438. The molecule has 1 fully saturated rings. The topological polar surface area (TPSA) is 110 Å². The zero-order valence-electron chi connectivity index (χ0n) is 17.8. The smallest absolute Gasteiger partial charge is 0.310 e. The standard InChI is InChI=1S/C22H26N2O6S2/c1-16(25)23-14-18-7-10-21(31-18)20(26)15-30-22(27)13-17-5-8-19(9-6-17)32(28,29)24-11-3-2-4-12-24/h5-10H,2-4,11-15H2,1H3,(H,23,25). The summed E-state index contributed by atoms with van der Waals surface area (Å²) < 4.78 is 32.0. The molecule has 0 aliphatic carbocycles. The molecule has 0 bridgehead atoms. The molecule has 1 aromatic carbocycles. The molecular weight excluding hydrogens is 452 g/mol. The van der Waals surface area contributed by atoms with Gasteiger partial charge in [0.05, 0.1) is 22.7 Å². The third-order valence-electron chi connectivity index (χ3n) is 5.04. The number of amides is 1. The van der Waals surface area contributed by atoms with Crippen LogP contribution in [0.5, 0.6) is 0 Å². The molecule has 1 aromatic heterocycles. The van der Waals surface area contributed by atoms with Gasteiger partial charge < -0.3 is 10.1 Å². The van der Waals surface area contributed by atoms with Crippen LogP contribution in [0, 0.1) is 0 Å². The van der Waals surface area contributed by atoms with Crippen LogP contribution >= 0.6 is 11.3 Å². The van der Waals surface area contributed by atoms with E-state index in [1.165, 1.54) is 34.7 Å². The molecular formula is C22H26N2O6S2. The third kappa shape index (κ3) is 6.47. The molecule has 2 aromatic rings. The molecule has 1 aliphatic rings. The number of benzene rings is 1. The minimum Gasteiger partial charge on any atom is -0.457 e. The fourth-order valence-corrected chi connectivity index (χ4v) is 5.69. The number of nitrogens with zero attached hydrogens (tertiary/aromatic N) is 1. The Kier molecular flexibility index (Phi) is 8.16. The number of thiophene rings is 1. The van der Waals surface area contributed by atoms with E-state index in [1.54, 1.807) is 24.3 Å². The first-order chi connectivity index (χ1) is 15.3. The van der Waals surface area contributed by atoms with Crippen LogP contribution in [0.3, 0.4) is 0 Å². The molecule has 1 N–H and O–H groups in total. The minimum absolute atomic E-state index is 0.0600. The Morgan fingerprint density at radius 1 is 1.03 bits per heavy atom. The highest BCUT2D eigenvalue weighted by Gasteiger charge is 2.25. The van der Waals surface area contributed by atoms with Crippen molar-refractivity contribution in [3.8, 4) is 0 Å². The Morgan fingerprint density at radius 3 is 2.38 bits per heavy atom. The summed E-state index contributed by atoms with van der Waals surface area (Å²) in [7, 11) is -3.52. The molecule has 0 saturated carbocycles. The lowest BCUT2D eigenvalue weighted by molar-refractivity contribution is -0.141. The normalized spacial score (nSPS) is 14.7. The minimum atomic E-state index is -3.52. The maximum atomic E-state index is 12.7. The van der Waals surface area contributed by atoms with Gasteiger partial charge in [-0.25, -0.2) is 8.42 Å². The van der Waals surface area contributed by atoms with Crippen molar-refractivity contribution in [3.63, 3.8) is 0 Å². The van der Waals surface area contributed by atoms with Gasteiger partial charge in [-0.15, -0.1) is 11.3 Å². The molecule has 0 radical (unpaired) electrons. The Balaban J connectivity index is 1.49. The summed E-state index contributed by atoms with van der Waals surface area (Å²) >= 11 is 1.24. The lowest BCUT2D eigenvalue weighted by atomic mass is 10.1. The van der Waals surface area contributed by atoms with E-state index in [0.717, 1.165) is 24.1 Å². The number of hydrogen-bond donors (Lipinski definition) is 1. The fraction of sp³-hybridized carbons (Fsp3) is 0.409. The number of ketones is 1. The zero-order valence-corrected chi connectivity index (χ0v) is 19.5. The average Bonchev–Trinajstić information content (AvgIpc) is 3.26. The Labute approximate surface area is 191 Å². The summed E-state index contributed by atoms with van der Waals surface area (Å²) in [5.74, 6) is -1.04. The maximum Gasteiger partial charge on any atom is 0.310 e. The summed E-state index contributed by atoms with van der Waals surface area (Å²) in [6.07, 6.45) is 2.71. The molecule has 10 heteroatoms. The predicted octanol–water partition coefficient (Wildman–Crippen LogP) is 2.53. The second-order valence-corrected chi connectivity index (χ2v) is 10.7. The fourth-order valence-electron chi connectivity index (χ4n) is 3.30. The van der Waals surface area contributed by atoms with E-state index in [4.69, 9.17) is 4.74 Å². The van der Waals surface area contributed by atoms with Crippen molar-refractivity contribution < 1.29 is 27.5 Å². The lowest BCUT2D eigenvalue weighted by Crippen LogP contribution is -2.35. The molecule has 172 valence electrons. The molecule has 2 heterocycles. The van der Waals surface area contributed by atoms with Crippen molar-refractivity contribution in [2.75, 3.05) is 19.7 Å². The number of piperidine rings is 1. The number of hydrogen-bond acceptors (Lipinski definition) is 7. The summed E-state index contributed by atoms with van der Waals surface area (Å²) in [5.41, 5.74) is 0.605. The van der Waals surface area contributed by atoms with Crippen LogP contribution in [-0.2, 0) is 37.3 Å². The number of rotatable bonds is 9. The molecule has 0 atom stereocenters. The van der Waals surface area contributed by atoms with Gasteiger partial charge in [0.2, 0.25) is 21.7 Å². The second kappa shape index (κ2) is 10.8. The van der Waals surface area contributed by atoms with E-state index in [9.17, 15) is 22.8 Å². The van der Waals surface area contributed by atoms with Crippen LogP contribution in [0.2, 0.25) is 0 Å². The molecule has 1 aliphatic heterocycles. The van der Waals surface area contributed by atoms with Gasteiger partial charge in [-0.2, -0.15) is 4.31 Å². The van der Waals surface area contributed by atoms with E-state index in [0.29, 0.717) is 30.1 Å². The number of carbonyl (C=O) groups is 3. The first-order valence-electron chi connectivity index (χ1n) is 10.4. The Hall–Kier alpha value is -2.56. The van der Waals surface area contributed by atoms with E-state index in [2.05, 4.69) is 5.32 Å². The number of ether oxygens (including phenoxy) is 1. The van der Waals surface area contributed by atoms with Crippen LogP contribution in [-0.4, -0.2) is 50.1 Å². The summed E-state index contributed by atoms with van der Waals surface area (Å²) in [6.45, 7) is 2.45. The van der Waals surface area contributed by atoms with E-state index >= 15 is 0 Å². The van der Waals surface area contributed by atoms with E-state index in [-0.39, 0.29) is 29.6 Å². The number of Topliss-reactive ketones (excluding diaryl/α,β-unsaturated/α-hetero) is 1. The summed E-state index contributed by atoms with van der Waals surface area (Å²) in [5, 5.41) is 2.66. The van der Waals surface area contributed by atoms with E-state index < -0.39 is 16.0 Å². The van der Waals surface area contributed by atoms with Gasteiger partial charge >= 0.3 is 5.97 Å². The van der Waals surface area contributed by atoms with Gasteiger partial charge in [0.25, 0.3) is 0 Å². The van der Waals surface area contributed by atoms with Crippen LogP contribution in [0.25, 0.3) is 0 Å². The summed E-state index contributed by atoms with van der Waals surface area (Å²) in [4.78, 5) is 36.8. The van der Waals surface area contributed by atoms with Gasteiger partial charge in [0, 0.05) is 24.9 Å². The first-order valence-corrected chi connectivity index (χ1v) is 12.6. The van der Waals surface area contributed by atoms with Gasteiger partial charge in [-0.05, 0) is 42.7 Å². The highest BCUT2D eigenvalue weighted by atomic mass is 32.2. The van der Waals surface area contributed by atoms with Crippen LogP contribution in [0.1, 0.15) is 46.3 Å². The van der Waals surface area contributed by atoms with Crippen LogP contribution in [0.4, 0.5) is 0 Å². The van der Waals surface area contributed by atoms with Crippen molar-refractivity contribution in [1.82, 2.24) is 9.62 Å². The van der Waals surface area contributed by atoms with Gasteiger partial charge in [-0.3, -0.25) is 14.4 Å². The van der Waals surface area contributed by atoms with Gasteiger partial charge in [0.1, 0.15) is 0 Å². The zero-order chi connectivity index (χ0) is 23.1. The molecule has 0 unspecified atom stereocenters. The number of carbonyl (C=O) groups excluding carboxylic acids is 3. The van der Waals surface area contributed by atoms with Crippen LogP contribution < -0.4 is 5.32 Å². The van der Waals surface area contributed by atoms with Crippen molar-refractivity contribution in [2.45, 2.75) is 44.0 Å². The monoisotopic (exact) mass is 478 g/mol. The van der Waals surface area contributed by atoms with Gasteiger partial charge in [-0.1, -0.05) is 18.6 Å². The van der Waals surface area contributed by atoms with Gasteiger partial charge in [0.15, 0.2) is 6.61 Å². The highest BCUT2D eigenvalue weighted by molar-refractivity contribution is 7.89. The number of esters is 1. The van der Waals surface area contributed by atoms with Crippen molar-refractivity contribution >= 4 is 39.0 Å². The largest absolute Gasteiger partial charge is 0.457 e. The Bertz CT molecular complexity index is 1070. The SMILES string of the molecule is CC(=O)NCc1ccc(C(=O)COC(=O)Cc2ccc(S(=O)(=O)N3CCCCC3)cc2)s1. The van der Waals surface area contributed by atoms with Crippen LogP contribution in [0.15, 0.2) is 41.3 Å². The van der Waals surface area contributed by atoms with Crippen molar-refractivity contribution in [1.29, 1.82) is 0 Å². The number of sulfonamides is 1. The van der Waals surface area contributed by atoms with Crippen molar-refractivity contribution in [2.24, 2.45) is 0 Å². The second-order valence-electron chi connectivity index (χ2n) is 7.55. The molecule has 3 rings (SSSR count). The summed E-state index contributed by atoms with van der Waals surface area (Å²) in [6, 6.07) is 9.57. The molecule has 1 amide bonds. The molecule has 0 spiro atoms. The number of nitrogens with one attached hydrogen (secondary N) is 1. The third-order valence-corrected chi connectivity index (χ3v) is 8.08. The molecule has 8 nitrogen and oxygen atoms in total.